The second-order valence-corrected chi connectivity index (χ2v) is 9.53. The van der Waals surface area contributed by atoms with Gasteiger partial charge in [-0.25, -0.2) is 9.59 Å². The first-order valence-corrected chi connectivity index (χ1v) is 12.9. The van der Waals surface area contributed by atoms with Crippen molar-refractivity contribution in [3.05, 3.63) is 155 Å². The van der Waals surface area contributed by atoms with E-state index in [1.165, 1.54) is 109 Å². The fraction of sp³-hybridized carbons (Fsp3) is 0.0588. The van der Waals surface area contributed by atoms with Gasteiger partial charge in [-0.05, 0) is 89.5 Å². The molecular weight excluding hydrogens is 561 g/mol. The van der Waals surface area contributed by atoms with Crippen LogP contribution in [0.25, 0.3) is 0 Å². The largest absolute Gasteiger partial charge is 0.478 e. The Labute approximate surface area is 244 Å². The number of ether oxygens (including phenoxy) is 2. The summed E-state index contributed by atoms with van der Waals surface area (Å²) in [7, 11) is 0. The van der Waals surface area contributed by atoms with E-state index >= 15 is 13.2 Å². The van der Waals surface area contributed by atoms with Crippen molar-refractivity contribution < 1.29 is 42.4 Å². The molecule has 0 aliphatic carbocycles. The smallest absolute Gasteiger partial charge is 0.406 e. The zero-order valence-electron chi connectivity index (χ0n) is 22.3. The molecule has 43 heavy (non-hydrogen) atoms. The summed E-state index contributed by atoms with van der Waals surface area (Å²) in [6.45, 7) is 0. The van der Waals surface area contributed by atoms with E-state index in [1.807, 2.05) is 0 Å². The average molecular weight is 585 g/mol. The standard InChI is InChI=1S/C34H23F3O6/c35-34(36,37)33(24-4-2-1-3-5-24,25-10-18-29(19-11-25)42-27-14-6-22(7-15-27)31(38)39)26-12-20-30(21-13-26)43-28-16-8-23(9-17-28)32(40)41/h1-21H,(H,38,39)(H,40,41). The summed E-state index contributed by atoms with van der Waals surface area (Å²) in [5.74, 6) is -0.974. The Balaban J connectivity index is 1.51. The third-order valence-electron chi connectivity index (χ3n) is 6.88. The second-order valence-electron chi connectivity index (χ2n) is 9.53. The molecule has 0 saturated heterocycles. The number of rotatable bonds is 9. The van der Waals surface area contributed by atoms with Gasteiger partial charge >= 0.3 is 18.1 Å². The highest BCUT2D eigenvalue weighted by Crippen LogP contribution is 2.51. The lowest BCUT2D eigenvalue weighted by Gasteiger charge is -2.37. The van der Waals surface area contributed by atoms with Crippen LogP contribution in [0.3, 0.4) is 0 Å². The van der Waals surface area contributed by atoms with E-state index in [4.69, 9.17) is 19.7 Å². The SMILES string of the molecule is O=C(O)c1ccc(Oc2ccc(C(c3ccccc3)(c3ccc(Oc4ccc(C(=O)O)cc4)cc3)C(F)(F)F)cc2)cc1. The minimum atomic E-state index is -4.77. The number of aromatic carboxylic acids is 2. The Morgan fingerprint density at radius 1 is 0.465 bits per heavy atom. The van der Waals surface area contributed by atoms with E-state index < -0.39 is 23.5 Å². The molecule has 0 saturated carbocycles. The number of hydrogen-bond acceptors (Lipinski definition) is 4. The minimum Gasteiger partial charge on any atom is -0.478 e. The molecule has 5 rings (SSSR count). The van der Waals surface area contributed by atoms with E-state index in [-0.39, 0.29) is 39.3 Å². The number of halogens is 3. The summed E-state index contributed by atoms with van der Waals surface area (Å²) < 4.78 is 57.6. The van der Waals surface area contributed by atoms with Crippen molar-refractivity contribution in [1.29, 1.82) is 0 Å². The molecule has 0 heterocycles. The van der Waals surface area contributed by atoms with Crippen molar-refractivity contribution in [3.8, 4) is 23.0 Å². The van der Waals surface area contributed by atoms with Crippen molar-refractivity contribution in [2.75, 3.05) is 0 Å². The molecule has 0 radical (unpaired) electrons. The number of benzene rings is 5. The highest BCUT2D eigenvalue weighted by Gasteiger charge is 2.58. The molecule has 2 N–H and O–H groups in total. The molecule has 0 aliphatic heterocycles. The van der Waals surface area contributed by atoms with Gasteiger partial charge < -0.3 is 19.7 Å². The highest BCUT2D eigenvalue weighted by molar-refractivity contribution is 5.88. The molecular formula is C34H23F3O6. The third kappa shape index (κ3) is 5.92. The molecule has 0 spiro atoms. The average Bonchev–Trinajstić information content (AvgIpc) is 2.99. The Bertz CT molecular complexity index is 1610. The van der Waals surface area contributed by atoms with Gasteiger partial charge in [-0.2, -0.15) is 13.2 Å². The van der Waals surface area contributed by atoms with Gasteiger partial charge in [0.2, 0.25) is 0 Å². The zero-order chi connectivity index (χ0) is 30.6. The quantitative estimate of drug-likeness (QED) is 0.169. The molecule has 0 fully saturated rings. The van der Waals surface area contributed by atoms with E-state index in [9.17, 15) is 9.59 Å². The van der Waals surface area contributed by atoms with Gasteiger partial charge in [0.1, 0.15) is 28.4 Å². The summed E-state index contributed by atoms with van der Waals surface area (Å²) in [6.07, 6.45) is -4.77. The van der Waals surface area contributed by atoms with Gasteiger partial charge in [-0.15, -0.1) is 0 Å². The Kier molecular flexibility index (Phi) is 7.90. The van der Waals surface area contributed by atoms with Crippen LogP contribution in [0.2, 0.25) is 0 Å². The molecule has 9 heteroatoms. The molecule has 0 aromatic heterocycles. The molecule has 5 aromatic rings. The molecule has 0 atom stereocenters. The summed E-state index contributed by atoms with van der Waals surface area (Å²) >= 11 is 0. The maximum absolute atomic E-state index is 15.4. The van der Waals surface area contributed by atoms with Crippen LogP contribution in [0, 0.1) is 0 Å². The number of carbonyl (C=O) groups is 2. The lowest BCUT2D eigenvalue weighted by molar-refractivity contribution is -0.166. The topological polar surface area (TPSA) is 93.1 Å². The minimum absolute atomic E-state index is 0.0124. The lowest BCUT2D eigenvalue weighted by Crippen LogP contribution is -2.44. The first kappa shape index (κ1) is 28.9. The zero-order valence-corrected chi connectivity index (χ0v) is 22.3. The monoisotopic (exact) mass is 584 g/mol. The van der Waals surface area contributed by atoms with Gasteiger partial charge in [-0.3, -0.25) is 0 Å². The van der Waals surface area contributed by atoms with Crippen molar-refractivity contribution in [1.82, 2.24) is 0 Å². The van der Waals surface area contributed by atoms with Crippen molar-refractivity contribution in [3.63, 3.8) is 0 Å². The first-order chi connectivity index (χ1) is 20.6. The van der Waals surface area contributed by atoms with Crippen LogP contribution in [0.1, 0.15) is 37.4 Å². The number of alkyl halides is 3. The van der Waals surface area contributed by atoms with Crippen LogP contribution in [0.4, 0.5) is 13.2 Å². The highest BCUT2D eigenvalue weighted by atomic mass is 19.4. The normalized spacial score (nSPS) is 11.5. The van der Waals surface area contributed by atoms with Crippen LogP contribution in [-0.4, -0.2) is 28.3 Å². The number of carboxylic acids is 2. The lowest BCUT2D eigenvalue weighted by atomic mass is 9.69. The van der Waals surface area contributed by atoms with Gasteiger partial charge in [0.25, 0.3) is 0 Å². The van der Waals surface area contributed by atoms with E-state index in [0.717, 1.165) is 0 Å². The van der Waals surface area contributed by atoms with Gasteiger partial charge in [0.15, 0.2) is 0 Å². The molecule has 0 unspecified atom stereocenters. The van der Waals surface area contributed by atoms with Crippen molar-refractivity contribution in [2.24, 2.45) is 0 Å². The summed E-state index contributed by atoms with van der Waals surface area (Å²) in [5.41, 5.74) is -2.47. The van der Waals surface area contributed by atoms with Crippen LogP contribution >= 0.6 is 0 Å². The van der Waals surface area contributed by atoms with E-state index in [0.29, 0.717) is 11.5 Å². The van der Waals surface area contributed by atoms with Crippen LogP contribution in [-0.2, 0) is 5.41 Å². The fourth-order valence-corrected chi connectivity index (χ4v) is 4.83. The predicted molar refractivity (Wildman–Crippen MR) is 152 cm³/mol. The van der Waals surface area contributed by atoms with Gasteiger partial charge in [0.05, 0.1) is 11.1 Å². The predicted octanol–water partition coefficient (Wildman–Crippen LogP) is 8.56. The Morgan fingerprint density at radius 2 is 0.767 bits per heavy atom. The molecule has 0 bridgehead atoms. The number of carboxylic acid groups (broad SMARTS) is 2. The fourth-order valence-electron chi connectivity index (χ4n) is 4.83. The van der Waals surface area contributed by atoms with Crippen LogP contribution in [0.5, 0.6) is 23.0 Å². The third-order valence-corrected chi connectivity index (χ3v) is 6.88. The maximum atomic E-state index is 15.4. The van der Waals surface area contributed by atoms with Crippen LogP contribution < -0.4 is 9.47 Å². The van der Waals surface area contributed by atoms with E-state index in [1.54, 1.807) is 18.2 Å². The molecule has 6 nitrogen and oxygen atoms in total. The molecule has 216 valence electrons. The molecule has 0 amide bonds. The van der Waals surface area contributed by atoms with Crippen LogP contribution in [0.15, 0.2) is 127 Å². The van der Waals surface area contributed by atoms with Crippen molar-refractivity contribution >= 4 is 11.9 Å². The van der Waals surface area contributed by atoms with Gasteiger partial charge in [-0.1, -0.05) is 54.6 Å². The summed E-state index contributed by atoms with van der Waals surface area (Å²) in [5, 5.41) is 18.2. The maximum Gasteiger partial charge on any atom is 0.406 e. The second kappa shape index (κ2) is 11.7. The van der Waals surface area contributed by atoms with Crippen molar-refractivity contribution in [2.45, 2.75) is 11.6 Å². The molecule has 0 aliphatic rings. The molecule has 5 aromatic carbocycles. The number of hydrogen-bond donors (Lipinski definition) is 2. The Hall–Kier alpha value is -5.57. The summed E-state index contributed by atoms with van der Waals surface area (Å²) in [4.78, 5) is 22.2. The summed E-state index contributed by atoms with van der Waals surface area (Å²) in [6, 6.07) is 30.1. The van der Waals surface area contributed by atoms with Gasteiger partial charge in [0, 0.05) is 0 Å². The van der Waals surface area contributed by atoms with E-state index in [2.05, 4.69) is 0 Å². The first-order valence-electron chi connectivity index (χ1n) is 12.9. The Morgan fingerprint density at radius 3 is 1.07 bits per heavy atom.